The highest BCUT2D eigenvalue weighted by Gasteiger charge is 2.16. The highest BCUT2D eigenvalue weighted by atomic mass is 16.4. The number of amides is 1. The summed E-state index contributed by atoms with van der Waals surface area (Å²) in [6.45, 7) is 9.78. The first-order valence-corrected chi connectivity index (χ1v) is 10.1. The summed E-state index contributed by atoms with van der Waals surface area (Å²) in [5.74, 6) is 0.725. The van der Waals surface area contributed by atoms with E-state index in [0.717, 1.165) is 44.5 Å². The van der Waals surface area contributed by atoms with E-state index in [-0.39, 0.29) is 12.3 Å². The highest BCUT2D eigenvalue weighted by molar-refractivity contribution is 5.97. The normalized spacial score (nSPS) is 11.4. The smallest absolute Gasteiger partial charge is 0.339 e. The number of furan rings is 1. The fourth-order valence-electron chi connectivity index (χ4n) is 3.84. The van der Waals surface area contributed by atoms with E-state index >= 15 is 0 Å². The van der Waals surface area contributed by atoms with Gasteiger partial charge in [-0.2, -0.15) is 0 Å². The molecule has 0 unspecified atom stereocenters. The van der Waals surface area contributed by atoms with Gasteiger partial charge in [-0.05, 0) is 75.4 Å². The Labute approximate surface area is 174 Å². The Kier molecular flexibility index (Phi) is 4.98. The number of carbonyl (C=O) groups excluding carboxylic acids is 1. The van der Waals surface area contributed by atoms with Crippen molar-refractivity contribution in [2.45, 2.75) is 47.5 Å². The minimum atomic E-state index is -0.404. The molecule has 0 saturated carbocycles. The lowest BCUT2D eigenvalue weighted by atomic mass is 10.0. The predicted octanol–water partition coefficient (Wildman–Crippen LogP) is 5.65. The first-order valence-electron chi connectivity index (χ1n) is 10.1. The van der Waals surface area contributed by atoms with E-state index in [9.17, 15) is 9.59 Å². The lowest BCUT2D eigenvalue weighted by Gasteiger charge is -2.10. The largest absolute Gasteiger partial charge is 0.461 e. The minimum absolute atomic E-state index is 0.126. The molecule has 154 valence electrons. The lowest BCUT2D eigenvalue weighted by Crippen LogP contribution is -2.17. The molecular formula is C25H25NO4. The Morgan fingerprint density at radius 3 is 2.37 bits per heavy atom. The zero-order valence-electron chi connectivity index (χ0n) is 17.9. The van der Waals surface area contributed by atoms with Gasteiger partial charge in [-0.1, -0.05) is 12.1 Å². The minimum Gasteiger partial charge on any atom is -0.461 e. The van der Waals surface area contributed by atoms with E-state index < -0.39 is 5.63 Å². The van der Waals surface area contributed by atoms with Crippen LogP contribution >= 0.6 is 0 Å². The molecule has 1 N–H and O–H groups in total. The fourth-order valence-corrected chi connectivity index (χ4v) is 3.84. The summed E-state index contributed by atoms with van der Waals surface area (Å²) in [4.78, 5) is 25.1. The molecule has 0 spiro atoms. The van der Waals surface area contributed by atoms with Crippen LogP contribution in [0.25, 0.3) is 21.9 Å². The molecule has 0 atom stereocenters. The van der Waals surface area contributed by atoms with Gasteiger partial charge >= 0.3 is 5.63 Å². The molecule has 2 aromatic carbocycles. The maximum absolute atomic E-state index is 12.6. The second-order valence-corrected chi connectivity index (χ2v) is 7.99. The van der Waals surface area contributed by atoms with E-state index in [2.05, 4.69) is 5.32 Å². The Bertz CT molecular complexity index is 1360. The number of carbonyl (C=O) groups is 1. The molecule has 0 saturated heterocycles. The molecular weight excluding hydrogens is 378 g/mol. The predicted molar refractivity (Wildman–Crippen MR) is 119 cm³/mol. The summed E-state index contributed by atoms with van der Waals surface area (Å²) in [7, 11) is 0. The summed E-state index contributed by atoms with van der Waals surface area (Å²) in [5.41, 5.74) is 6.16. The number of aryl methyl sites for hydroxylation is 5. The van der Waals surface area contributed by atoms with Crippen LogP contribution in [0.2, 0.25) is 0 Å². The van der Waals surface area contributed by atoms with E-state index in [1.54, 1.807) is 6.07 Å². The highest BCUT2D eigenvalue weighted by Crippen LogP contribution is 2.31. The topological polar surface area (TPSA) is 72.5 Å². The average molecular weight is 403 g/mol. The third kappa shape index (κ3) is 3.52. The SMILES string of the molecule is Cc1ccc(C)c(NC(=O)CCc2c(C)c3cc4c(C)c(C)oc4cc3oc2=O)c1. The molecule has 2 aromatic heterocycles. The molecule has 2 heterocycles. The quantitative estimate of drug-likeness (QED) is 0.447. The van der Waals surface area contributed by atoms with Crippen LogP contribution < -0.4 is 10.9 Å². The van der Waals surface area contributed by atoms with E-state index in [1.165, 1.54) is 0 Å². The Balaban J connectivity index is 1.63. The maximum Gasteiger partial charge on any atom is 0.339 e. The van der Waals surface area contributed by atoms with Crippen LogP contribution in [-0.4, -0.2) is 5.91 Å². The third-order valence-corrected chi connectivity index (χ3v) is 5.85. The van der Waals surface area contributed by atoms with Crippen LogP contribution in [-0.2, 0) is 11.2 Å². The molecule has 0 aliphatic heterocycles. The van der Waals surface area contributed by atoms with Gasteiger partial charge in [-0.3, -0.25) is 4.79 Å². The number of fused-ring (bicyclic) bond motifs is 2. The van der Waals surface area contributed by atoms with Crippen LogP contribution in [0, 0.1) is 34.6 Å². The molecule has 0 fully saturated rings. The molecule has 1 amide bonds. The zero-order chi connectivity index (χ0) is 21.6. The van der Waals surface area contributed by atoms with Crippen LogP contribution in [0.1, 0.15) is 40.0 Å². The van der Waals surface area contributed by atoms with Crippen LogP contribution in [0.5, 0.6) is 0 Å². The van der Waals surface area contributed by atoms with Gasteiger partial charge in [0.15, 0.2) is 0 Å². The standard InChI is InChI=1S/C25H25NO4/c1-13-6-7-14(2)21(10-13)26-24(27)9-8-18-16(4)20-11-19-15(3)17(5)29-22(19)12-23(20)30-25(18)28/h6-7,10-12H,8-9H2,1-5H3,(H,26,27). The molecule has 5 heteroatoms. The van der Waals surface area contributed by atoms with Gasteiger partial charge in [-0.25, -0.2) is 4.79 Å². The molecule has 30 heavy (non-hydrogen) atoms. The number of hydrogen-bond acceptors (Lipinski definition) is 4. The Morgan fingerprint density at radius 2 is 1.60 bits per heavy atom. The van der Waals surface area contributed by atoms with Gasteiger partial charge in [0.1, 0.15) is 16.9 Å². The molecule has 4 aromatic rings. The molecule has 0 bridgehead atoms. The number of nitrogens with one attached hydrogen (secondary N) is 1. The molecule has 0 radical (unpaired) electrons. The van der Waals surface area contributed by atoms with Crippen molar-refractivity contribution in [1.29, 1.82) is 0 Å². The molecule has 0 aliphatic carbocycles. The first-order chi connectivity index (χ1) is 14.2. The van der Waals surface area contributed by atoms with Crippen molar-refractivity contribution in [3.8, 4) is 0 Å². The molecule has 0 aliphatic rings. The van der Waals surface area contributed by atoms with Gasteiger partial charge in [-0.15, -0.1) is 0 Å². The van der Waals surface area contributed by atoms with Crippen LogP contribution in [0.4, 0.5) is 5.69 Å². The van der Waals surface area contributed by atoms with Crippen molar-refractivity contribution >= 4 is 33.5 Å². The molecule has 4 rings (SSSR count). The lowest BCUT2D eigenvalue weighted by molar-refractivity contribution is -0.116. The monoisotopic (exact) mass is 403 g/mol. The summed E-state index contributed by atoms with van der Waals surface area (Å²) < 4.78 is 11.3. The number of benzene rings is 2. The molecule has 5 nitrogen and oxygen atoms in total. The van der Waals surface area contributed by atoms with Gasteiger partial charge in [0.2, 0.25) is 5.91 Å². The van der Waals surface area contributed by atoms with Crippen molar-refractivity contribution in [2.24, 2.45) is 0 Å². The number of rotatable bonds is 4. The van der Waals surface area contributed by atoms with Gasteiger partial charge in [0, 0.05) is 34.5 Å². The van der Waals surface area contributed by atoms with Gasteiger partial charge in [0.25, 0.3) is 0 Å². The fraction of sp³-hybridized carbons (Fsp3) is 0.280. The Morgan fingerprint density at radius 1 is 0.900 bits per heavy atom. The van der Waals surface area contributed by atoms with E-state index in [0.29, 0.717) is 23.2 Å². The summed E-state index contributed by atoms with van der Waals surface area (Å²) in [6, 6.07) is 9.72. The zero-order valence-corrected chi connectivity index (χ0v) is 17.9. The Hall–Kier alpha value is -3.34. The van der Waals surface area contributed by atoms with Gasteiger partial charge in [0.05, 0.1) is 0 Å². The first kappa shape index (κ1) is 20.0. The van der Waals surface area contributed by atoms with Crippen molar-refractivity contribution in [1.82, 2.24) is 0 Å². The van der Waals surface area contributed by atoms with Crippen LogP contribution in [0.3, 0.4) is 0 Å². The van der Waals surface area contributed by atoms with E-state index in [4.69, 9.17) is 8.83 Å². The van der Waals surface area contributed by atoms with Crippen molar-refractivity contribution in [3.05, 3.63) is 74.3 Å². The van der Waals surface area contributed by atoms with Crippen molar-refractivity contribution in [2.75, 3.05) is 5.32 Å². The summed E-state index contributed by atoms with van der Waals surface area (Å²) in [5, 5.41) is 4.83. The van der Waals surface area contributed by atoms with Crippen molar-refractivity contribution in [3.63, 3.8) is 0 Å². The van der Waals surface area contributed by atoms with E-state index in [1.807, 2.05) is 58.9 Å². The second-order valence-electron chi connectivity index (χ2n) is 7.99. The average Bonchev–Trinajstić information content (AvgIpc) is 2.96. The number of hydrogen-bond donors (Lipinski definition) is 1. The number of anilines is 1. The summed E-state index contributed by atoms with van der Waals surface area (Å²) in [6.07, 6.45) is 0.527. The van der Waals surface area contributed by atoms with Crippen LogP contribution in [0.15, 0.2) is 44.0 Å². The van der Waals surface area contributed by atoms with Gasteiger partial charge < -0.3 is 14.2 Å². The summed E-state index contributed by atoms with van der Waals surface area (Å²) >= 11 is 0. The third-order valence-electron chi connectivity index (χ3n) is 5.85. The van der Waals surface area contributed by atoms with Crippen molar-refractivity contribution < 1.29 is 13.6 Å². The second kappa shape index (κ2) is 7.48. The maximum atomic E-state index is 12.6.